The van der Waals surface area contributed by atoms with Gasteiger partial charge < -0.3 is 20.3 Å². The zero-order valence-electron chi connectivity index (χ0n) is 10.0. The predicted molar refractivity (Wildman–Crippen MR) is 72.1 cm³/mol. The molecule has 18 heavy (non-hydrogen) atoms. The van der Waals surface area contributed by atoms with Crippen molar-refractivity contribution in [2.45, 2.75) is 18.9 Å². The van der Waals surface area contributed by atoms with E-state index in [-0.39, 0.29) is 12.8 Å². The van der Waals surface area contributed by atoms with E-state index in [4.69, 9.17) is 9.84 Å². The van der Waals surface area contributed by atoms with Gasteiger partial charge in [-0.1, -0.05) is 0 Å². The summed E-state index contributed by atoms with van der Waals surface area (Å²) < 4.78 is 5.92. The fourth-order valence-corrected chi connectivity index (χ4v) is 1.94. The zero-order valence-corrected chi connectivity index (χ0v) is 11.6. The third-order valence-corrected chi connectivity index (χ3v) is 3.00. The first kappa shape index (κ1) is 14.8. The number of halogens is 1. The molecule has 0 amide bonds. The lowest BCUT2D eigenvalue weighted by Gasteiger charge is -2.13. The quantitative estimate of drug-likeness (QED) is 0.717. The maximum Gasteiger partial charge on any atom is 0.303 e. The minimum atomic E-state index is -0.902. The second-order valence-electron chi connectivity index (χ2n) is 3.82. The standard InChI is InChI=1S/C12H16BrNO4/c1-18-11-4-2-8(6-10(11)13)14-7-9(15)3-5-12(16)17/h2,4,6,9,14-15H,3,5,7H2,1H3,(H,16,17). The second kappa shape index (κ2) is 7.23. The fraction of sp³-hybridized carbons (Fsp3) is 0.417. The van der Waals surface area contributed by atoms with Crippen LogP contribution in [0.1, 0.15) is 12.8 Å². The summed E-state index contributed by atoms with van der Waals surface area (Å²) in [6.07, 6.45) is -0.476. The van der Waals surface area contributed by atoms with Crippen LogP contribution in [0.5, 0.6) is 5.75 Å². The lowest BCUT2D eigenvalue weighted by atomic mass is 10.2. The molecule has 0 aromatic heterocycles. The third kappa shape index (κ3) is 4.93. The number of aliphatic hydroxyl groups excluding tert-OH is 1. The van der Waals surface area contributed by atoms with Crippen LogP contribution in [-0.2, 0) is 4.79 Å². The van der Waals surface area contributed by atoms with Crippen LogP contribution in [-0.4, -0.2) is 35.9 Å². The Bertz CT molecular complexity index is 411. The summed E-state index contributed by atoms with van der Waals surface area (Å²) in [6.45, 7) is 0.312. The van der Waals surface area contributed by atoms with E-state index >= 15 is 0 Å². The minimum absolute atomic E-state index is 0.0326. The number of carboxylic acid groups (broad SMARTS) is 1. The van der Waals surface area contributed by atoms with Gasteiger partial charge in [0.2, 0.25) is 0 Å². The topological polar surface area (TPSA) is 78.8 Å². The van der Waals surface area contributed by atoms with E-state index in [9.17, 15) is 9.90 Å². The van der Waals surface area contributed by atoms with Crippen molar-refractivity contribution in [1.82, 2.24) is 0 Å². The van der Waals surface area contributed by atoms with Gasteiger partial charge in [0.25, 0.3) is 0 Å². The number of benzene rings is 1. The van der Waals surface area contributed by atoms with Crippen molar-refractivity contribution >= 4 is 27.6 Å². The van der Waals surface area contributed by atoms with E-state index in [1.54, 1.807) is 13.2 Å². The van der Waals surface area contributed by atoms with Gasteiger partial charge in [-0.05, 0) is 40.5 Å². The van der Waals surface area contributed by atoms with E-state index < -0.39 is 12.1 Å². The number of aliphatic carboxylic acids is 1. The van der Waals surface area contributed by atoms with Crippen molar-refractivity contribution in [3.63, 3.8) is 0 Å². The summed E-state index contributed by atoms with van der Waals surface area (Å²) in [4.78, 5) is 10.3. The van der Waals surface area contributed by atoms with E-state index in [1.165, 1.54) is 0 Å². The normalized spacial score (nSPS) is 11.9. The molecule has 0 radical (unpaired) electrons. The lowest BCUT2D eigenvalue weighted by molar-refractivity contribution is -0.137. The predicted octanol–water partition coefficient (Wildman–Crippen LogP) is 2.10. The van der Waals surface area contributed by atoms with Gasteiger partial charge in [0.1, 0.15) is 5.75 Å². The molecule has 0 heterocycles. The minimum Gasteiger partial charge on any atom is -0.496 e. The summed E-state index contributed by atoms with van der Waals surface area (Å²) >= 11 is 3.36. The Kier molecular flexibility index (Phi) is 5.94. The van der Waals surface area contributed by atoms with Crippen molar-refractivity contribution < 1.29 is 19.7 Å². The van der Waals surface area contributed by atoms with Crippen LogP contribution in [0.2, 0.25) is 0 Å². The van der Waals surface area contributed by atoms with Crippen molar-refractivity contribution in [2.24, 2.45) is 0 Å². The van der Waals surface area contributed by atoms with Gasteiger partial charge in [0.05, 0.1) is 17.7 Å². The Morgan fingerprint density at radius 2 is 2.28 bits per heavy atom. The van der Waals surface area contributed by atoms with E-state index in [0.717, 1.165) is 15.9 Å². The largest absolute Gasteiger partial charge is 0.496 e. The first-order valence-electron chi connectivity index (χ1n) is 5.50. The molecule has 0 aliphatic heterocycles. The monoisotopic (exact) mass is 317 g/mol. The average molecular weight is 318 g/mol. The number of anilines is 1. The summed E-state index contributed by atoms with van der Waals surface area (Å²) in [5, 5.41) is 21.1. The zero-order chi connectivity index (χ0) is 13.5. The van der Waals surface area contributed by atoms with Gasteiger partial charge in [-0.25, -0.2) is 0 Å². The summed E-state index contributed by atoms with van der Waals surface area (Å²) in [5.41, 5.74) is 0.831. The molecule has 6 heteroatoms. The molecule has 0 saturated heterocycles. The Hall–Kier alpha value is -1.27. The molecular weight excluding hydrogens is 302 g/mol. The highest BCUT2D eigenvalue weighted by Crippen LogP contribution is 2.27. The number of carbonyl (C=O) groups is 1. The Morgan fingerprint density at radius 3 is 2.83 bits per heavy atom. The molecule has 1 unspecified atom stereocenters. The molecule has 0 aliphatic carbocycles. The lowest BCUT2D eigenvalue weighted by Crippen LogP contribution is -2.20. The molecule has 0 spiro atoms. The molecule has 0 aliphatic rings. The van der Waals surface area contributed by atoms with E-state index in [1.807, 2.05) is 12.1 Å². The maximum absolute atomic E-state index is 10.3. The molecular formula is C12H16BrNO4. The first-order chi connectivity index (χ1) is 8.52. The van der Waals surface area contributed by atoms with Crippen molar-refractivity contribution in [3.05, 3.63) is 22.7 Å². The number of hydrogen-bond acceptors (Lipinski definition) is 4. The van der Waals surface area contributed by atoms with Gasteiger partial charge in [-0.15, -0.1) is 0 Å². The van der Waals surface area contributed by atoms with Gasteiger partial charge in [-0.2, -0.15) is 0 Å². The van der Waals surface area contributed by atoms with Crippen LogP contribution in [0.25, 0.3) is 0 Å². The molecule has 100 valence electrons. The number of rotatable bonds is 7. The molecule has 1 aromatic rings. The number of hydrogen-bond donors (Lipinski definition) is 3. The van der Waals surface area contributed by atoms with Crippen molar-refractivity contribution in [2.75, 3.05) is 19.0 Å². The molecule has 5 nitrogen and oxygen atoms in total. The van der Waals surface area contributed by atoms with Crippen LogP contribution >= 0.6 is 15.9 Å². The van der Waals surface area contributed by atoms with Crippen LogP contribution in [0, 0.1) is 0 Å². The Morgan fingerprint density at radius 1 is 1.56 bits per heavy atom. The summed E-state index contributed by atoms with van der Waals surface area (Å²) in [5.74, 6) is -0.173. The molecule has 3 N–H and O–H groups in total. The van der Waals surface area contributed by atoms with Crippen LogP contribution < -0.4 is 10.1 Å². The maximum atomic E-state index is 10.3. The molecule has 1 rings (SSSR count). The van der Waals surface area contributed by atoms with Crippen LogP contribution in [0.4, 0.5) is 5.69 Å². The van der Waals surface area contributed by atoms with E-state index in [2.05, 4.69) is 21.2 Å². The first-order valence-corrected chi connectivity index (χ1v) is 6.29. The molecule has 1 aromatic carbocycles. The number of aliphatic hydroxyl groups is 1. The second-order valence-corrected chi connectivity index (χ2v) is 4.67. The van der Waals surface area contributed by atoms with Gasteiger partial charge in [0.15, 0.2) is 0 Å². The van der Waals surface area contributed by atoms with E-state index in [0.29, 0.717) is 6.54 Å². The van der Waals surface area contributed by atoms with Gasteiger partial charge >= 0.3 is 5.97 Å². The number of nitrogens with one attached hydrogen (secondary N) is 1. The Labute approximate surface area is 114 Å². The summed E-state index contributed by atoms with van der Waals surface area (Å²) in [6, 6.07) is 5.46. The number of methoxy groups -OCH3 is 1. The average Bonchev–Trinajstić information content (AvgIpc) is 2.34. The number of carboxylic acids is 1. The molecule has 0 saturated carbocycles. The SMILES string of the molecule is COc1ccc(NCC(O)CCC(=O)O)cc1Br. The van der Waals surface area contributed by atoms with Gasteiger partial charge in [0, 0.05) is 18.7 Å². The Balaban J connectivity index is 2.43. The fourth-order valence-electron chi connectivity index (χ4n) is 1.40. The highest BCUT2D eigenvalue weighted by molar-refractivity contribution is 9.10. The third-order valence-electron chi connectivity index (χ3n) is 2.39. The molecule has 1 atom stereocenters. The smallest absolute Gasteiger partial charge is 0.303 e. The van der Waals surface area contributed by atoms with Crippen molar-refractivity contribution in [3.8, 4) is 5.75 Å². The highest BCUT2D eigenvalue weighted by atomic mass is 79.9. The molecule has 0 fully saturated rings. The van der Waals surface area contributed by atoms with Crippen LogP contribution in [0.15, 0.2) is 22.7 Å². The molecule has 0 bridgehead atoms. The number of ether oxygens (including phenoxy) is 1. The van der Waals surface area contributed by atoms with Crippen LogP contribution in [0.3, 0.4) is 0 Å². The van der Waals surface area contributed by atoms with Crippen molar-refractivity contribution in [1.29, 1.82) is 0 Å². The highest BCUT2D eigenvalue weighted by Gasteiger charge is 2.07. The van der Waals surface area contributed by atoms with Gasteiger partial charge in [-0.3, -0.25) is 4.79 Å². The summed E-state index contributed by atoms with van der Waals surface area (Å²) in [7, 11) is 1.59.